The number of fused-ring (bicyclic) bond motifs is 2. The summed E-state index contributed by atoms with van der Waals surface area (Å²) in [6.07, 6.45) is 2.07. The van der Waals surface area contributed by atoms with Crippen molar-refractivity contribution < 1.29 is 14.6 Å². The van der Waals surface area contributed by atoms with Gasteiger partial charge in [-0.2, -0.15) is 4.98 Å². The Morgan fingerprint density at radius 2 is 2.40 bits per heavy atom. The van der Waals surface area contributed by atoms with Gasteiger partial charge in [-0.3, -0.25) is 9.36 Å². The molecule has 0 saturated carbocycles. The molecule has 5 rings (SSSR count). The normalized spacial score (nSPS) is 20.8. The van der Waals surface area contributed by atoms with Crippen LogP contribution < -0.4 is 5.56 Å². The van der Waals surface area contributed by atoms with E-state index in [0.717, 1.165) is 10.6 Å². The van der Waals surface area contributed by atoms with Crippen molar-refractivity contribution in [2.24, 2.45) is 0 Å². The van der Waals surface area contributed by atoms with E-state index < -0.39 is 12.5 Å². The fourth-order valence-corrected chi connectivity index (χ4v) is 3.61. The fraction of sp³-hybridized carbons (Fsp3) is 0.267. The highest BCUT2D eigenvalue weighted by atomic mass is 32.1. The molecular formula is C15H13N5O4S. The molecule has 5 heterocycles. The van der Waals surface area contributed by atoms with Crippen LogP contribution in [0.15, 0.2) is 34.8 Å². The molecule has 2 atom stereocenters. The third-order valence-corrected chi connectivity index (χ3v) is 5.02. The molecule has 0 aromatic carbocycles. The van der Waals surface area contributed by atoms with Gasteiger partial charge in [-0.05, 0) is 11.4 Å². The third kappa shape index (κ3) is 2.23. The van der Waals surface area contributed by atoms with Gasteiger partial charge in [0.15, 0.2) is 23.7 Å². The molecule has 0 radical (unpaired) electrons. The number of aromatic amines is 1. The van der Waals surface area contributed by atoms with Gasteiger partial charge >= 0.3 is 0 Å². The summed E-state index contributed by atoms with van der Waals surface area (Å²) in [6, 6.07) is 3.92. The van der Waals surface area contributed by atoms with Gasteiger partial charge in [0.1, 0.15) is 0 Å². The van der Waals surface area contributed by atoms with E-state index in [4.69, 9.17) is 14.6 Å². The highest BCUT2D eigenvalue weighted by Crippen LogP contribution is 2.25. The standard InChI is InChI=1S/C15H13N5O4S/c21-5-11-23-6-10(24-11)20-7-16-12-13(20)18-15-17-8(4-19(15)14(12)22)9-2-1-3-25-9/h1-4,7,10-11,21H,5-6H2,(H,17,18)/t10-,11-/m1/s1. The molecule has 1 aliphatic rings. The maximum absolute atomic E-state index is 12.7. The number of thiophene rings is 1. The number of nitrogens with one attached hydrogen (secondary N) is 1. The van der Waals surface area contributed by atoms with Gasteiger partial charge in [-0.25, -0.2) is 9.38 Å². The maximum Gasteiger partial charge on any atom is 0.287 e. The van der Waals surface area contributed by atoms with E-state index in [1.807, 2.05) is 17.5 Å². The minimum Gasteiger partial charge on any atom is -0.391 e. The Balaban J connectivity index is 1.66. The zero-order chi connectivity index (χ0) is 17.0. The molecule has 2 N–H and O–H groups in total. The molecule has 1 saturated heterocycles. The van der Waals surface area contributed by atoms with Crippen molar-refractivity contribution in [3.05, 3.63) is 40.4 Å². The van der Waals surface area contributed by atoms with E-state index in [0.29, 0.717) is 11.4 Å². The van der Waals surface area contributed by atoms with Crippen LogP contribution in [0.1, 0.15) is 6.23 Å². The van der Waals surface area contributed by atoms with Crippen LogP contribution in [0.4, 0.5) is 0 Å². The minimum atomic E-state index is -0.678. The lowest BCUT2D eigenvalue weighted by molar-refractivity contribution is -0.0980. The Morgan fingerprint density at radius 1 is 1.48 bits per heavy atom. The van der Waals surface area contributed by atoms with E-state index in [9.17, 15) is 4.79 Å². The maximum atomic E-state index is 12.7. The second-order valence-corrected chi connectivity index (χ2v) is 6.56. The number of nitrogens with zero attached hydrogens (tertiary/aromatic N) is 4. The van der Waals surface area contributed by atoms with Crippen molar-refractivity contribution >= 4 is 28.3 Å². The minimum absolute atomic E-state index is 0.232. The summed E-state index contributed by atoms with van der Waals surface area (Å²) < 4.78 is 14.0. The average molecular weight is 359 g/mol. The van der Waals surface area contributed by atoms with Crippen LogP contribution in [0, 0.1) is 0 Å². The Kier molecular flexibility index (Phi) is 3.25. The smallest absolute Gasteiger partial charge is 0.287 e. The molecule has 9 nitrogen and oxygen atoms in total. The predicted octanol–water partition coefficient (Wildman–Crippen LogP) is 0.965. The van der Waals surface area contributed by atoms with Crippen LogP contribution in [0.5, 0.6) is 0 Å². The van der Waals surface area contributed by atoms with Crippen molar-refractivity contribution in [1.82, 2.24) is 23.9 Å². The molecule has 1 fully saturated rings. The summed E-state index contributed by atoms with van der Waals surface area (Å²) in [7, 11) is 0. The molecular weight excluding hydrogens is 346 g/mol. The van der Waals surface area contributed by atoms with Crippen molar-refractivity contribution in [2.75, 3.05) is 13.2 Å². The quantitative estimate of drug-likeness (QED) is 0.564. The molecule has 10 heteroatoms. The van der Waals surface area contributed by atoms with Crippen molar-refractivity contribution in [2.45, 2.75) is 12.5 Å². The van der Waals surface area contributed by atoms with Crippen LogP contribution in [0.3, 0.4) is 0 Å². The highest BCUT2D eigenvalue weighted by molar-refractivity contribution is 7.13. The van der Waals surface area contributed by atoms with E-state index in [-0.39, 0.29) is 24.3 Å². The summed E-state index contributed by atoms with van der Waals surface area (Å²) in [6.45, 7) is 0.0210. The second kappa shape index (κ2) is 5.49. The molecule has 128 valence electrons. The molecule has 25 heavy (non-hydrogen) atoms. The van der Waals surface area contributed by atoms with Gasteiger partial charge in [0.2, 0.25) is 5.78 Å². The van der Waals surface area contributed by atoms with Crippen LogP contribution in [-0.4, -0.2) is 48.5 Å². The first-order valence-electron chi connectivity index (χ1n) is 7.64. The highest BCUT2D eigenvalue weighted by Gasteiger charge is 2.29. The van der Waals surface area contributed by atoms with E-state index in [1.54, 1.807) is 22.1 Å². The number of imidazole rings is 2. The summed E-state index contributed by atoms with van der Waals surface area (Å²) in [5.41, 5.74) is 1.23. The van der Waals surface area contributed by atoms with Gasteiger partial charge in [0, 0.05) is 6.20 Å². The molecule has 4 aromatic rings. The number of H-pyrrole nitrogens is 1. The van der Waals surface area contributed by atoms with E-state index in [1.165, 1.54) is 10.7 Å². The third-order valence-electron chi connectivity index (χ3n) is 4.11. The topological polar surface area (TPSA) is 107 Å². The molecule has 1 aliphatic heterocycles. The van der Waals surface area contributed by atoms with Gasteiger partial charge < -0.3 is 19.6 Å². The van der Waals surface area contributed by atoms with Crippen LogP contribution in [0.2, 0.25) is 0 Å². The van der Waals surface area contributed by atoms with Crippen molar-refractivity contribution in [3.63, 3.8) is 0 Å². The lowest BCUT2D eigenvalue weighted by Gasteiger charge is -2.11. The second-order valence-electron chi connectivity index (χ2n) is 5.62. The van der Waals surface area contributed by atoms with Gasteiger partial charge in [0.25, 0.3) is 5.56 Å². The van der Waals surface area contributed by atoms with Crippen molar-refractivity contribution in [1.29, 1.82) is 0 Å². The van der Waals surface area contributed by atoms with E-state index in [2.05, 4.69) is 15.0 Å². The van der Waals surface area contributed by atoms with Crippen LogP contribution in [-0.2, 0) is 9.47 Å². The Bertz CT molecular complexity index is 1110. The molecule has 0 unspecified atom stereocenters. The predicted molar refractivity (Wildman–Crippen MR) is 89.4 cm³/mol. The Hall–Kier alpha value is -2.53. The summed E-state index contributed by atoms with van der Waals surface area (Å²) in [5.74, 6) is 0.431. The lowest BCUT2D eigenvalue weighted by Crippen LogP contribution is -2.17. The SMILES string of the molecule is O=c1c2ncn([C@H]3CO[C@@H](CO)O3)c2nc2[nH]c(-c3cccs3)cn12. The number of aliphatic hydroxyl groups excluding tert-OH is 1. The largest absolute Gasteiger partial charge is 0.391 e. The number of ether oxygens (including phenoxy) is 2. The first-order chi connectivity index (χ1) is 12.2. The Labute approximate surface area is 144 Å². The summed E-state index contributed by atoms with van der Waals surface area (Å²) in [5, 5.41) is 11.1. The average Bonchev–Trinajstić information content (AvgIpc) is 3.38. The summed E-state index contributed by atoms with van der Waals surface area (Å²) >= 11 is 1.57. The zero-order valence-corrected chi connectivity index (χ0v) is 13.6. The number of hydrogen-bond acceptors (Lipinski definition) is 7. The van der Waals surface area contributed by atoms with Gasteiger partial charge in [-0.1, -0.05) is 6.07 Å². The zero-order valence-electron chi connectivity index (χ0n) is 12.8. The number of hydrogen-bond donors (Lipinski definition) is 2. The van der Waals surface area contributed by atoms with E-state index >= 15 is 0 Å². The number of aliphatic hydroxyl groups is 1. The first-order valence-corrected chi connectivity index (χ1v) is 8.52. The lowest BCUT2D eigenvalue weighted by atomic mass is 10.4. The first kappa shape index (κ1) is 14.8. The van der Waals surface area contributed by atoms with Crippen molar-refractivity contribution in [3.8, 4) is 10.6 Å². The van der Waals surface area contributed by atoms with Crippen LogP contribution in [0.25, 0.3) is 27.5 Å². The molecule has 0 bridgehead atoms. The molecule has 0 amide bonds. The molecule has 0 aliphatic carbocycles. The van der Waals surface area contributed by atoms with Gasteiger partial charge in [-0.15, -0.1) is 11.3 Å². The van der Waals surface area contributed by atoms with Crippen LogP contribution >= 0.6 is 11.3 Å². The number of aromatic nitrogens is 5. The monoisotopic (exact) mass is 359 g/mol. The Morgan fingerprint density at radius 3 is 3.16 bits per heavy atom. The van der Waals surface area contributed by atoms with Gasteiger partial charge in [0.05, 0.1) is 30.1 Å². The number of rotatable bonds is 3. The summed E-state index contributed by atoms with van der Waals surface area (Å²) in [4.78, 5) is 25.7. The fourth-order valence-electron chi connectivity index (χ4n) is 2.92. The molecule has 0 spiro atoms. The molecule has 4 aromatic heterocycles.